The van der Waals surface area contributed by atoms with Gasteiger partial charge < -0.3 is 5.11 Å². The second kappa shape index (κ2) is 5.46. The number of aliphatic hydroxyl groups is 1. The van der Waals surface area contributed by atoms with E-state index in [0.717, 1.165) is 5.69 Å². The zero-order valence-electron chi connectivity index (χ0n) is 9.75. The zero-order chi connectivity index (χ0) is 12.1. The molecular weight excluding hydrogens is 212 g/mol. The lowest BCUT2D eigenvalue weighted by atomic mass is 10.0. The van der Waals surface area contributed by atoms with Gasteiger partial charge in [0.1, 0.15) is 0 Å². The van der Waals surface area contributed by atoms with E-state index in [0.29, 0.717) is 0 Å². The van der Waals surface area contributed by atoms with Crippen molar-refractivity contribution in [3.8, 4) is 0 Å². The topological polar surface area (TPSA) is 44.6 Å². The lowest BCUT2D eigenvalue weighted by Gasteiger charge is -2.08. The van der Waals surface area contributed by atoms with Gasteiger partial charge in [-0.2, -0.15) is 5.10 Å². The molecule has 1 aromatic rings. The average molecular weight is 228 g/mol. The minimum Gasteiger partial charge on any atom is -0.385 e. The van der Waals surface area contributed by atoms with Crippen LogP contribution in [-0.4, -0.2) is 17.4 Å². The molecule has 0 bridgehead atoms. The van der Waals surface area contributed by atoms with E-state index in [4.69, 9.17) is 0 Å². The van der Waals surface area contributed by atoms with Crippen molar-refractivity contribution in [1.82, 2.24) is 0 Å². The van der Waals surface area contributed by atoms with Crippen molar-refractivity contribution in [2.45, 2.75) is 13.0 Å². The summed E-state index contributed by atoms with van der Waals surface area (Å²) >= 11 is 0. The first kappa shape index (κ1) is 11.6. The van der Waals surface area contributed by atoms with Gasteiger partial charge in [-0.3, -0.25) is 5.43 Å². The summed E-state index contributed by atoms with van der Waals surface area (Å²) in [6, 6.07) is 8.05. The molecule has 0 aromatic heterocycles. The number of anilines is 1. The smallest absolute Gasteiger partial charge is 0.0903 e. The SMILES string of the molecule is Cc1ccc(NN=CC2C=CC(O)C=C2)cc1. The van der Waals surface area contributed by atoms with Crippen LogP contribution in [0.3, 0.4) is 0 Å². The number of allylic oxidation sites excluding steroid dienone is 2. The number of benzene rings is 1. The fourth-order valence-corrected chi connectivity index (χ4v) is 1.54. The predicted molar refractivity (Wildman–Crippen MR) is 71.1 cm³/mol. The molecular formula is C14H16N2O. The van der Waals surface area contributed by atoms with Crippen LogP contribution in [0.25, 0.3) is 0 Å². The summed E-state index contributed by atoms with van der Waals surface area (Å²) < 4.78 is 0. The molecule has 3 nitrogen and oxygen atoms in total. The van der Waals surface area contributed by atoms with E-state index >= 15 is 0 Å². The molecule has 1 aliphatic carbocycles. The van der Waals surface area contributed by atoms with E-state index in [2.05, 4.69) is 17.5 Å². The Morgan fingerprint density at radius 3 is 2.41 bits per heavy atom. The standard InChI is InChI=1S/C14H16N2O/c1-11-2-6-13(7-3-11)16-15-10-12-4-8-14(17)9-5-12/h2-10,12,14,16-17H,1H3. The van der Waals surface area contributed by atoms with Crippen LogP contribution >= 0.6 is 0 Å². The van der Waals surface area contributed by atoms with Gasteiger partial charge in [0.2, 0.25) is 0 Å². The number of rotatable bonds is 3. The van der Waals surface area contributed by atoms with Crippen LogP contribution in [0.15, 0.2) is 53.7 Å². The number of hydrazone groups is 1. The van der Waals surface area contributed by atoms with Crippen LogP contribution in [0.1, 0.15) is 5.56 Å². The molecule has 0 heterocycles. The molecule has 0 atom stereocenters. The van der Waals surface area contributed by atoms with Crippen LogP contribution in [0.4, 0.5) is 5.69 Å². The highest BCUT2D eigenvalue weighted by Gasteiger charge is 2.03. The summed E-state index contributed by atoms with van der Waals surface area (Å²) in [5.41, 5.74) is 5.17. The Balaban J connectivity index is 1.88. The van der Waals surface area contributed by atoms with Crippen LogP contribution in [0, 0.1) is 12.8 Å². The van der Waals surface area contributed by atoms with Crippen LogP contribution in [0.5, 0.6) is 0 Å². The molecule has 0 amide bonds. The Labute approximate surface area is 101 Å². The highest BCUT2D eigenvalue weighted by Crippen LogP contribution is 2.10. The third-order valence-corrected chi connectivity index (χ3v) is 2.55. The molecule has 0 aliphatic heterocycles. The maximum atomic E-state index is 9.22. The predicted octanol–water partition coefficient (Wildman–Crippen LogP) is 2.50. The molecule has 88 valence electrons. The van der Waals surface area contributed by atoms with Crippen molar-refractivity contribution >= 4 is 11.9 Å². The number of aliphatic hydroxyl groups excluding tert-OH is 1. The Bertz CT molecular complexity index is 432. The molecule has 0 fully saturated rings. The highest BCUT2D eigenvalue weighted by molar-refractivity contribution is 5.67. The molecule has 2 N–H and O–H groups in total. The molecule has 2 rings (SSSR count). The third-order valence-electron chi connectivity index (χ3n) is 2.55. The van der Waals surface area contributed by atoms with Gasteiger partial charge in [-0.05, 0) is 19.1 Å². The maximum absolute atomic E-state index is 9.22. The molecule has 0 saturated heterocycles. The third kappa shape index (κ3) is 3.57. The van der Waals surface area contributed by atoms with E-state index in [-0.39, 0.29) is 5.92 Å². The van der Waals surface area contributed by atoms with Gasteiger partial charge >= 0.3 is 0 Å². The zero-order valence-corrected chi connectivity index (χ0v) is 9.75. The highest BCUT2D eigenvalue weighted by atomic mass is 16.3. The van der Waals surface area contributed by atoms with Crippen LogP contribution in [0.2, 0.25) is 0 Å². The van der Waals surface area contributed by atoms with Crippen molar-refractivity contribution in [2.75, 3.05) is 5.43 Å². The van der Waals surface area contributed by atoms with Gasteiger partial charge in [-0.1, -0.05) is 42.0 Å². The summed E-state index contributed by atoms with van der Waals surface area (Å²) in [6.45, 7) is 2.05. The molecule has 0 unspecified atom stereocenters. The van der Waals surface area contributed by atoms with Crippen molar-refractivity contribution < 1.29 is 5.11 Å². The lowest BCUT2D eigenvalue weighted by molar-refractivity contribution is 0.269. The number of hydrogen-bond donors (Lipinski definition) is 2. The Morgan fingerprint density at radius 2 is 1.76 bits per heavy atom. The largest absolute Gasteiger partial charge is 0.385 e. The summed E-state index contributed by atoms with van der Waals surface area (Å²) in [7, 11) is 0. The van der Waals surface area contributed by atoms with Crippen molar-refractivity contribution in [3.63, 3.8) is 0 Å². The summed E-state index contributed by atoms with van der Waals surface area (Å²) in [5, 5.41) is 13.4. The Morgan fingerprint density at radius 1 is 1.12 bits per heavy atom. The van der Waals surface area contributed by atoms with E-state index in [1.807, 2.05) is 36.4 Å². The van der Waals surface area contributed by atoms with E-state index in [9.17, 15) is 5.11 Å². The van der Waals surface area contributed by atoms with Crippen molar-refractivity contribution in [3.05, 3.63) is 54.1 Å². The maximum Gasteiger partial charge on any atom is 0.0903 e. The minimum absolute atomic E-state index is 0.149. The number of nitrogens with one attached hydrogen (secondary N) is 1. The van der Waals surface area contributed by atoms with E-state index in [1.165, 1.54) is 5.56 Å². The average Bonchev–Trinajstić information content (AvgIpc) is 2.34. The fourth-order valence-electron chi connectivity index (χ4n) is 1.54. The molecule has 0 saturated carbocycles. The first-order chi connectivity index (χ1) is 8.24. The number of hydrogen-bond acceptors (Lipinski definition) is 3. The lowest BCUT2D eigenvalue weighted by Crippen LogP contribution is -2.07. The monoisotopic (exact) mass is 228 g/mol. The molecule has 1 aromatic carbocycles. The number of nitrogens with zero attached hydrogens (tertiary/aromatic N) is 1. The molecule has 0 radical (unpaired) electrons. The minimum atomic E-state index is -0.454. The summed E-state index contributed by atoms with van der Waals surface area (Å²) in [6.07, 6.45) is 8.70. The van der Waals surface area contributed by atoms with Gasteiger partial charge in [0, 0.05) is 12.1 Å². The van der Waals surface area contributed by atoms with E-state index < -0.39 is 6.10 Å². The van der Waals surface area contributed by atoms with Gasteiger partial charge in [-0.25, -0.2) is 0 Å². The quantitative estimate of drug-likeness (QED) is 0.474. The van der Waals surface area contributed by atoms with E-state index in [1.54, 1.807) is 18.4 Å². The second-order valence-electron chi connectivity index (χ2n) is 4.09. The van der Waals surface area contributed by atoms with Crippen molar-refractivity contribution in [1.29, 1.82) is 0 Å². The molecule has 1 aliphatic rings. The first-order valence-electron chi connectivity index (χ1n) is 5.64. The molecule has 17 heavy (non-hydrogen) atoms. The van der Waals surface area contributed by atoms with Gasteiger partial charge in [0.05, 0.1) is 11.8 Å². The van der Waals surface area contributed by atoms with Gasteiger partial charge in [0.25, 0.3) is 0 Å². The fraction of sp³-hybridized carbons (Fsp3) is 0.214. The summed E-state index contributed by atoms with van der Waals surface area (Å²) in [5.74, 6) is 0.149. The first-order valence-corrected chi connectivity index (χ1v) is 5.64. The van der Waals surface area contributed by atoms with Crippen LogP contribution < -0.4 is 5.43 Å². The van der Waals surface area contributed by atoms with Crippen LogP contribution in [-0.2, 0) is 0 Å². The normalized spacial score (nSPS) is 23.2. The Kier molecular flexibility index (Phi) is 3.73. The van der Waals surface area contributed by atoms with Crippen molar-refractivity contribution in [2.24, 2.45) is 11.0 Å². The second-order valence-corrected chi connectivity index (χ2v) is 4.09. The van der Waals surface area contributed by atoms with Gasteiger partial charge in [0.15, 0.2) is 0 Å². The summed E-state index contributed by atoms with van der Waals surface area (Å²) in [4.78, 5) is 0. The molecule has 0 spiro atoms. The Hall–Kier alpha value is -1.87. The van der Waals surface area contributed by atoms with Gasteiger partial charge in [-0.15, -0.1) is 0 Å². The number of aryl methyl sites for hydroxylation is 1. The molecule has 3 heteroatoms.